The van der Waals surface area contributed by atoms with E-state index < -0.39 is 0 Å². The van der Waals surface area contributed by atoms with Gasteiger partial charge in [0, 0.05) is 43.2 Å². The number of allylic oxidation sites excluding steroid dienone is 1. The van der Waals surface area contributed by atoms with Crippen LogP contribution in [0.15, 0.2) is 53.1 Å². The summed E-state index contributed by atoms with van der Waals surface area (Å²) in [5, 5.41) is 0.627. The van der Waals surface area contributed by atoms with Gasteiger partial charge in [-0.3, -0.25) is 14.6 Å². The number of amidine groups is 1. The first kappa shape index (κ1) is 22.6. The maximum atomic E-state index is 13.5. The number of nitrogens with two attached hydrogens (primary N) is 1. The van der Waals surface area contributed by atoms with Gasteiger partial charge in [0.1, 0.15) is 0 Å². The third-order valence-electron chi connectivity index (χ3n) is 6.84. The molecule has 0 bridgehead atoms. The predicted molar refractivity (Wildman–Crippen MR) is 132 cm³/mol. The van der Waals surface area contributed by atoms with E-state index in [1.54, 1.807) is 18.7 Å². The Morgan fingerprint density at radius 2 is 1.84 bits per heavy atom. The number of anilines is 1. The lowest BCUT2D eigenvalue weighted by Gasteiger charge is -2.39. The van der Waals surface area contributed by atoms with Crippen molar-refractivity contribution in [3.8, 4) is 0 Å². The molecule has 1 fully saturated rings. The average molecular weight is 453 g/mol. The van der Waals surface area contributed by atoms with E-state index in [-0.39, 0.29) is 29.1 Å². The predicted octanol–water partition coefficient (Wildman–Crippen LogP) is 3.50. The van der Waals surface area contributed by atoms with Gasteiger partial charge in [-0.25, -0.2) is 0 Å². The lowest BCUT2D eigenvalue weighted by atomic mass is 9.79. The molecule has 1 aromatic rings. The molecule has 1 aliphatic carbocycles. The summed E-state index contributed by atoms with van der Waals surface area (Å²) in [4.78, 5) is 33.9. The summed E-state index contributed by atoms with van der Waals surface area (Å²) in [6.07, 6.45) is 7.32. The Bertz CT molecular complexity index is 976. The van der Waals surface area contributed by atoms with Gasteiger partial charge in [-0.05, 0) is 56.0 Å². The summed E-state index contributed by atoms with van der Waals surface area (Å²) in [5.74, 6) is 1.20. The van der Waals surface area contributed by atoms with Crippen LogP contribution in [-0.2, 0) is 4.79 Å². The number of rotatable bonds is 4. The van der Waals surface area contributed by atoms with Crippen LogP contribution < -0.4 is 10.6 Å². The number of Topliss-reactive ketones (excluding diaryl/α,β-unsaturated/α-hetero) is 1. The second kappa shape index (κ2) is 9.14. The fourth-order valence-corrected chi connectivity index (χ4v) is 5.60. The quantitative estimate of drug-likeness (QED) is 0.708. The molecule has 3 atom stereocenters. The van der Waals surface area contributed by atoms with E-state index in [9.17, 15) is 9.59 Å². The fraction of sp³-hybridized carbons (Fsp3) is 0.480. The molecule has 2 heterocycles. The van der Waals surface area contributed by atoms with E-state index >= 15 is 0 Å². The second-order valence-corrected chi connectivity index (χ2v) is 10.2. The summed E-state index contributed by atoms with van der Waals surface area (Å²) in [5.41, 5.74) is 8.57. The highest BCUT2D eigenvalue weighted by molar-refractivity contribution is 8.13. The van der Waals surface area contributed by atoms with E-state index in [4.69, 9.17) is 10.7 Å². The Morgan fingerprint density at radius 1 is 1.16 bits per heavy atom. The van der Waals surface area contributed by atoms with Crippen molar-refractivity contribution >= 4 is 34.3 Å². The van der Waals surface area contributed by atoms with Crippen LogP contribution in [0.25, 0.3) is 0 Å². The van der Waals surface area contributed by atoms with E-state index in [1.807, 2.05) is 29.2 Å². The standard InChI is InChI=1S/C25H32N4O2S/c1-17-4-7-20(25(3)10-15-32-24(26)27-25)16-22(17)23(31)29-13-11-28(12-14-29)21-8-5-19(6-9-21)18(2)30/h4-9,16-17,22H,10-15H2,1-3H3,(H2,26,27). The minimum absolute atomic E-state index is 0.0734. The van der Waals surface area contributed by atoms with Gasteiger partial charge in [0.2, 0.25) is 5.91 Å². The summed E-state index contributed by atoms with van der Waals surface area (Å²) < 4.78 is 0. The van der Waals surface area contributed by atoms with Crippen molar-refractivity contribution in [2.75, 3.05) is 36.8 Å². The minimum Gasteiger partial charge on any atom is -0.379 e. The van der Waals surface area contributed by atoms with E-state index in [1.165, 1.54) is 0 Å². The number of nitrogens with zero attached hydrogens (tertiary/aromatic N) is 3. The van der Waals surface area contributed by atoms with Crippen molar-refractivity contribution in [3.63, 3.8) is 0 Å². The number of ketones is 1. The molecule has 0 spiro atoms. The molecule has 1 amide bonds. The Labute approximate surface area is 194 Å². The SMILES string of the molecule is CC(=O)c1ccc(N2CCN(C(=O)C3C=C(C4(C)CCSC(N)=N4)C=CC3C)CC2)cc1. The molecule has 6 nitrogen and oxygen atoms in total. The van der Waals surface area contributed by atoms with Crippen molar-refractivity contribution < 1.29 is 9.59 Å². The number of thioether (sulfide) groups is 1. The van der Waals surface area contributed by atoms with Gasteiger partial charge in [-0.2, -0.15) is 0 Å². The van der Waals surface area contributed by atoms with Gasteiger partial charge < -0.3 is 15.5 Å². The number of aliphatic imine (C=N–C) groups is 1. The first-order valence-electron chi connectivity index (χ1n) is 11.3. The topological polar surface area (TPSA) is 79.0 Å². The average Bonchev–Trinajstić information content (AvgIpc) is 2.79. The van der Waals surface area contributed by atoms with Gasteiger partial charge in [0.15, 0.2) is 11.0 Å². The lowest BCUT2D eigenvalue weighted by molar-refractivity contribution is -0.135. The number of carbonyl (C=O) groups excluding carboxylic acids is 2. The summed E-state index contributed by atoms with van der Waals surface area (Å²) in [6.45, 7) is 8.77. The van der Waals surface area contributed by atoms with Crippen LogP contribution in [0.3, 0.4) is 0 Å². The Hall–Kier alpha value is -2.54. The highest BCUT2D eigenvalue weighted by Gasteiger charge is 2.36. The van der Waals surface area contributed by atoms with Crippen molar-refractivity contribution in [3.05, 3.63) is 53.6 Å². The third-order valence-corrected chi connectivity index (χ3v) is 7.63. The van der Waals surface area contributed by atoms with Crippen molar-refractivity contribution in [2.24, 2.45) is 22.6 Å². The summed E-state index contributed by atoms with van der Waals surface area (Å²) in [6, 6.07) is 7.73. The zero-order chi connectivity index (χ0) is 22.9. The summed E-state index contributed by atoms with van der Waals surface area (Å²) >= 11 is 1.60. The van der Waals surface area contributed by atoms with Gasteiger partial charge in [0.05, 0.1) is 11.5 Å². The van der Waals surface area contributed by atoms with E-state index in [2.05, 4.69) is 37.0 Å². The van der Waals surface area contributed by atoms with Crippen LogP contribution in [0.1, 0.15) is 37.6 Å². The number of piperazine rings is 1. The van der Waals surface area contributed by atoms with Gasteiger partial charge in [-0.1, -0.05) is 36.9 Å². The molecule has 7 heteroatoms. The fourth-order valence-electron chi connectivity index (χ4n) is 4.63. The maximum absolute atomic E-state index is 13.5. The van der Waals surface area contributed by atoms with E-state index in [0.717, 1.165) is 42.1 Å². The van der Waals surface area contributed by atoms with Crippen LogP contribution in [0.2, 0.25) is 0 Å². The number of hydrogen-bond acceptors (Lipinski definition) is 6. The molecule has 1 saturated heterocycles. The van der Waals surface area contributed by atoms with Gasteiger partial charge in [-0.15, -0.1) is 0 Å². The van der Waals surface area contributed by atoms with Crippen LogP contribution in [0.5, 0.6) is 0 Å². The van der Waals surface area contributed by atoms with Crippen LogP contribution in [0, 0.1) is 11.8 Å². The lowest BCUT2D eigenvalue weighted by Crippen LogP contribution is -2.51. The highest BCUT2D eigenvalue weighted by atomic mass is 32.2. The Balaban J connectivity index is 1.43. The van der Waals surface area contributed by atoms with Gasteiger partial charge >= 0.3 is 0 Å². The second-order valence-electron chi connectivity index (χ2n) is 9.10. The molecule has 4 rings (SSSR count). The first-order chi connectivity index (χ1) is 15.3. The highest BCUT2D eigenvalue weighted by Crippen LogP contribution is 2.37. The molecule has 0 saturated carbocycles. The normalized spacial score (nSPS) is 28.2. The Kier molecular flexibility index (Phi) is 6.47. The largest absolute Gasteiger partial charge is 0.379 e. The minimum atomic E-state index is -0.352. The molecule has 2 N–H and O–H groups in total. The van der Waals surface area contributed by atoms with Crippen LogP contribution in [0.4, 0.5) is 5.69 Å². The monoisotopic (exact) mass is 452 g/mol. The summed E-state index contributed by atoms with van der Waals surface area (Å²) in [7, 11) is 0. The number of amides is 1. The Morgan fingerprint density at radius 3 is 2.47 bits per heavy atom. The number of carbonyl (C=O) groups is 2. The third kappa shape index (κ3) is 4.63. The zero-order valence-electron chi connectivity index (χ0n) is 19.1. The smallest absolute Gasteiger partial charge is 0.230 e. The molecule has 2 aliphatic heterocycles. The molecular weight excluding hydrogens is 420 g/mol. The molecule has 32 heavy (non-hydrogen) atoms. The zero-order valence-corrected chi connectivity index (χ0v) is 19.9. The molecule has 3 unspecified atom stereocenters. The number of hydrogen-bond donors (Lipinski definition) is 1. The van der Waals surface area contributed by atoms with E-state index in [0.29, 0.717) is 18.3 Å². The van der Waals surface area contributed by atoms with Crippen LogP contribution in [-0.4, -0.2) is 59.2 Å². The van der Waals surface area contributed by atoms with Crippen molar-refractivity contribution in [1.82, 2.24) is 4.90 Å². The van der Waals surface area contributed by atoms with Crippen LogP contribution >= 0.6 is 11.8 Å². The molecule has 0 aromatic heterocycles. The van der Waals surface area contributed by atoms with Gasteiger partial charge in [0.25, 0.3) is 0 Å². The maximum Gasteiger partial charge on any atom is 0.230 e. The first-order valence-corrected chi connectivity index (χ1v) is 12.3. The molecule has 170 valence electrons. The van der Waals surface area contributed by atoms with Crippen molar-refractivity contribution in [2.45, 2.75) is 32.7 Å². The van der Waals surface area contributed by atoms with Crippen molar-refractivity contribution in [1.29, 1.82) is 0 Å². The molecule has 1 aromatic carbocycles. The molecule has 3 aliphatic rings. The number of benzene rings is 1. The molecule has 0 radical (unpaired) electrons. The molecular formula is C25H32N4O2S.